The molecule has 0 spiro atoms. The monoisotopic (exact) mass is 346 g/mol. The zero-order chi connectivity index (χ0) is 16.7. The predicted molar refractivity (Wildman–Crippen MR) is 93.6 cm³/mol. The maximum atomic E-state index is 5.53. The molecule has 0 N–H and O–H groups in total. The van der Waals surface area contributed by atoms with Crippen molar-refractivity contribution in [3.63, 3.8) is 0 Å². The van der Waals surface area contributed by atoms with Crippen molar-refractivity contribution in [1.29, 1.82) is 0 Å². The summed E-state index contributed by atoms with van der Waals surface area (Å²) in [6.07, 6.45) is 0.781. The molecule has 0 aromatic carbocycles. The molecule has 2 saturated heterocycles. The van der Waals surface area contributed by atoms with E-state index in [0.717, 1.165) is 32.3 Å². The standard InChI is InChI=1S/C15H34N4O3Si/c1-16-5-7-17(8-6-16)9-10-18-11-13-19(14-12-18)15-23(20-2,21-3)22-4/h5-15H2,1-4H3. The van der Waals surface area contributed by atoms with E-state index in [1.54, 1.807) is 21.3 Å². The number of hydrogen-bond acceptors (Lipinski definition) is 7. The first-order valence-corrected chi connectivity index (χ1v) is 10.5. The summed E-state index contributed by atoms with van der Waals surface area (Å²) in [6.45, 7) is 11.6. The van der Waals surface area contributed by atoms with Crippen LogP contribution in [0.2, 0.25) is 0 Å². The van der Waals surface area contributed by atoms with Crippen LogP contribution in [0.1, 0.15) is 0 Å². The van der Waals surface area contributed by atoms with Gasteiger partial charge in [-0.1, -0.05) is 0 Å². The molecule has 0 aliphatic carbocycles. The molecule has 136 valence electrons. The van der Waals surface area contributed by atoms with Gasteiger partial charge in [-0.05, 0) is 7.05 Å². The fourth-order valence-corrected chi connectivity index (χ4v) is 4.99. The van der Waals surface area contributed by atoms with E-state index in [1.807, 2.05) is 0 Å². The van der Waals surface area contributed by atoms with Crippen molar-refractivity contribution in [2.45, 2.75) is 0 Å². The van der Waals surface area contributed by atoms with Gasteiger partial charge in [0.05, 0.1) is 6.17 Å². The summed E-state index contributed by atoms with van der Waals surface area (Å²) in [5, 5.41) is 0. The van der Waals surface area contributed by atoms with Crippen LogP contribution in [0.3, 0.4) is 0 Å². The zero-order valence-corrected chi connectivity index (χ0v) is 16.3. The van der Waals surface area contributed by atoms with E-state index in [0.29, 0.717) is 0 Å². The Bertz CT molecular complexity index is 322. The van der Waals surface area contributed by atoms with Gasteiger partial charge in [-0.25, -0.2) is 0 Å². The molecule has 8 heteroatoms. The van der Waals surface area contributed by atoms with Crippen LogP contribution in [-0.2, 0) is 13.3 Å². The first-order chi connectivity index (χ1) is 11.1. The molecule has 7 nitrogen and oxygen atoms in total. The largest absolute Gasteiger partial charge is 0.514 e. The third-order valence-corrected chi connectivity index (χ3v) is 7.84. The first-order valence-electron chi connectivity index (χ1n) is 8.62. The minimum absolute atomic E-state index is 0.781. The van der Waals surface area contributed by atoms with Gasteiger partial charge in [-0.3, -0.25) is 14.7 Å². The summed E-state index contributed by atoms with van der Waals surface area (Å²) >= 11 is 0. The highest BCUT2D eigenvalue weighted by Crippen LogP contribution is 2.11. The van der Waals surface area contributed by atoms with Crippen molar-refractivity contribution in [3.8, 4) is 0 Å². The Balaban J connectivity index is 1.65. The summed E-state index contributed by atoms with van der Waals surface area (Å²) in [5.41, 5.74) is 0. The summed E-state index contributed by atoms with van der Waals surface area (Å²) in [5.74, 6) is 0. The summed E-state index contributed by atoms with van der Waals surface area (Å²) in [6, 6.07) is 0. The Labute approximate surface area is 142 Å². The lowest BCUT2D eigenvalue weighted by molar-refractivity contribution is 0.0759. The van der Waals surface area contributed by atoms with Crippen molar-refractivity contribution in [3.05, 3.63) is 0 Å². The highest BCUT2D eigenvalue weighted by Gasteiger charge is 2.40. The molecule has 0 aromatic heterocycles. The van der Waals surface area contributed by atoms with Crippen LogP contribution in [0.15, 0.2) is 0 Å². The van der Waals surface area contributed by atoms with Gasteiger partial charge in [0.1, 0.15) is 0 Å². The Morgan fingerprint density at radius 3 is 1.48 bits per heavy atom. The minimum atomic E-state index is -2.48. The van der Waals surface area contributed by atoms with Gasteiger partial charge < -0.3 is 18.2 Å². The van der Waals surface area contributed by atoms with Crippen LogP contribution in [0.5, 0.6) is 0 Å². The van der Waals surface area contributed by atoms with Gasteiger partial charge in [0.15, 0.2) is 0 Å². The van der Waals surface area contributed by atoms with Crippen molar-refractivity contribution < 1.29 is 13.3 Å². The molecule has 0 saturated carbocycles. The van der Waals surface area contributed by atoms with Crippen LogP contribution >= 0.6 is 0 Å². The molecule has 0 aromatic rings. The molecular formula is C15H34N4O3Si. The number of rotatable bonds is 8. The van der Waals surface area contributed by atoms with Crippen LogP contribution < -0.4 is 0 Å². The molecule has 0 amide bonds. The average Bonchev–Trinajstić information content (AvgIpc) is 2.60. The zero-order valence-electron chi connectivity index (χ0n) is 15.3. The van der Waals surface area contributed by atoms with Gasteiger partial charge in [0.2, 0.25) is 0 Å². The van der Waals surface area contributed by atoms with E-state index in [9.17, 15) is 0 Å². The van der Waals surface area contributed by atoms with Gasteiger partial charge in [0.25, 0.3) is 0 Å². The molecule has 0 bridgehead atoms. The van der Waals surface area contributed by atoms with Gasteiger partial charge in [-0.2, -0.15) is 0 Å². The Kier molecular flexibility index (Phi) is 7.90. The van der Waals surface area contributed by atoms with E-state index in [-0.39, 0.29) is 0 Å². The fourth-order valence-electron chi connectivity index (χ4n) is 3.24. The maximum absolute atomic E-state index is 5.53. The number of likely N-dealkylation sites (N-methyl/N-ethyl adjacent to an activating group) is 1. The smallest absolute Gasteiger partial charge is 0.376 e. The number of nitrogens with zero attached hydrogens (tertiary/aromatic N) is 4. The lowest BCUT2D eigenvalue weighted by atomic mass is 10.3. The van der Waals surface area contributed by atoms with E-state index >= 15 is 0 Å². The molecule has 2 aliphatic heterocycles. The highest BCUT2D eigenvalue weighted by atomic mass is 28.4. The van der Waals surface area contributed by atoms with Crippen molar-refractivity contribution in [2.75, 3.05) is 100.0 Å². The lowest BCUT2D eigenvalue weighted by Crippen LogP contribution is -2.58. The number of piperazine rings is 2. The topological polar surface area (TPSA) is 40.7 Å². The normalized spacial score (nSPS) is 23.5. The first kappa shape index (κ1) is 19.3. The lowest BCUT2D eigenvalue weighted by Gasteiger charge is -2.39. The van der Waals surface area contributed by atoms with E-state index in [2.05, 4.69) is 26.6 Å². The van der Waals surface area contributed by atoms with Crippen LogP contribution in [0.25, 0.3) is 0 Å². The predicted octanol–water partition coefficient (Wildman–Crippen LogP) is -0.731. The van der Waals surface area contributed by atoms with Gasteiger partial charge in [0, 0.05) is 86.8 Å². The molecule has 0 atom stereocenters. The summed E-state index contributed by atoms with van der Waals surface area (Å²) < 4.78 is 16.6. The molecule has 2 aliphatic rings. The van der Waals surface area contributed by atoms with Crippen LogP contribution in [0, 0.1) is 0 Å². The van der Waals surface area contributed by atoms with Gasteiger partial charge in [-0.15, -0.1) is 0 Å². The Morgan fingerprint density at radius 2 is 1.04 bits per heavy atom. The van der Waals surface area contributed by atoms with E-state index < -0.39 is 8.80 Å². The summed E-state index contributed by atoms with van der Waals surface area (Å²) in [4.78, 5) is 9.98. The van der Waals surface area contributed by atoms with Crippen LogP contribution in [-0.4, -0.2) is 128 Å². The molecule has 2 rings (SSSR count). The second kappa shape index (κ2) is 9.43. The fraction of sp³-hybridized carbons (Fsp3) is 1.00. The molecular weight excluding hydrogens is 312 g/mol. The van der Waals surface area contributed by atoms with Crippen molar-refractivity contribution in [2.24, 2.45) is 0 Å². The molecule has 2 fully saturated rings. The van der Waals surface area contributed by atoms with Crippen molar-refractivity contribution in [1.82, 2.24) is 19.6 Å². The number of hydrogen-bond donors (Lipinski definition) is 0. The SMILES string of the molecule is CO[Si](CN1CCN(CCN2CCN(C)CC2)CC1)(OC)OC. The van der Waals surface area contributed by atoms with Crippen molar-refractivity contribution >= 4 is 8.80 Å². The van der Waals surface area contributed by atoms with E-state index in [4.69, 9.17) is 13.3 Å². The minimum Gasteiger partial charge on any atom is -0.376 e. The summed E-state index contributed by atoms with van der Waals surface area (Å²) in [7, 11) is 4.78. The molecule has 23 heavy (non-hydrogen) atoms. The molecule has 0 radical (unpaired) electrons. The Morgan fingerprint density at radius 1 is 0.652 bits per heavy atom. The average molecular weight is 347 g/mol. The van der Waals surface area contributed by atoms with E-state index in [1.165, 1.54) is 39.3 Å². The second-order valence-electron chi connectivity index (χ2n) is 6.56. The Hall–Kier alpha value is -0.0631. The third kappa shape index (κ3) is 5.75. The highest BCUT2D eigenvalue weighted by molar-refractivity contribution is 6.60. The third-order valence-electron chi connectivity index (χ3n) is 5.14. The van der Waals surface area contributed by atoms with Crippen LogP contribution in [0.4, 0.5) is 0 Å². The maximum Gasteiger partial charge on any atom is 0.514 e. The molecule has 0 unspecified atom stereocenters. The second-order valence-corrected chi connectivity index (χ2v) is 9.47. The molecule has 2 heterocycles. The quantitative estimate of drug-likeness (QED) is 0.537. The van der Waals surface area contributed by atoms with Gasteiger partial charge >= 0.3 is 8.80 Å².